The number of nitrogens with one attached hydrogen (secondary N) is 1. The zero-order valence-corrected chi connectivity index (χ0v) is 12.8. The second kappa shape index (κ2) is 6.14. The molecule has 0 atom stereocenters. The molecule has 0 amide bonds. The monoisotopic (exact) mass is 299 g/mol. The lowest BCUT2D eigenvalue weighted by molar-refractivity contribution is 0.220. The van der Waals surface area contributed by atoms with E-state index in [0.717, 1.165) is 0 Å². The molecule has 1 saturated carbocycles. The van der Waals surface area contributed by atoms with E-state index in [1.54, 1.807) is 0 Å². The highest BCUT2D eigenvalue weighted by atomic mass is 35.5. The van der Waals surface area contributed by atoms with Gasteiger partial charge in [0.25, 0.3) is 5.56 Å². The molecule has 0 bridgehead atoms. The van der Waals surface area contributed by atoms with Crippen molar-refractivity contribution in [2.45, 2.75) is 39.7 Å². The van der Waals surface area contributed by atoms with Gasteiger partial charge >= 0.3 is 0 Å². The molecule has 5 nitrogen and oxygen atoms in total. The van der Waals surface area contributed by atoms with Gasteiger partial charge in [-0.3, -0.25) is 4.79 Å². The first-order valence-electron chi connectivity index (χ1n) is 7.03. The SMILES string of the molecule is CC(C)(CCO)CNc1c(Cl)cnn(CC2CC2)c1=O. The summed E-state index contributed by atoms with van der Waals surface area (Å²) in [5.74, 6) is 0.583. The van der Waals surface area contributed by atoms with Gasteiger partial charge in [-0.15, -0.1) is 0 Å². The number of hydrogen-bond donors (Lipinski definition) is 2. The summed E-state index contributed by atoms with van der Waals surface area (Å²) in [5.41, 5.74) is 0.146. The van der Waals surface area contributed by atoms with E-state index in [0.29, 0.717) is 36.1 Å². The minimum Gasteiger partial charge on any atom is -0.396 e. The number of aliphatic hydroxyl groups is 1. The van der Waals surface area contributed by atoms with Gasteiger partial charge in [0.05, 0.1) is 11.2 Å². The van der Waals surface area contributed by atoms with Gasteiger partial charge in [-0.1, -0.05) is 25.4 Å². The zero-order chi connectivity index (χ0) is 14.8. The van der Waals surface area contributed by atoms with E-state index in [9.17, 15) is 4.79 Å². The van der Waals surface area contributed by atoms with E-state index in [1.807, 2.05) is 13.8 Å². The van der Waals surface area contributed by atoms with Crippen LogP contribution in [0, 0.1) is 11.3 Å². The van der Waals surface area contributed by atoms with Crippen LogP contribution >= 0.6 is 11.6 Å². The Kier molecular flexibility index (Phi) is 4.70. The second-order valence-electron chi connectivity index (χ2n) is 6.29. The molecule has 1 fully saturated rings. The lowest BCUT2D eigenvalue weighted by atomic mass is 9.90. The van der Waals surface area contributed by atoms with E-state index in [-0.39, 0.29) is 17.6 Å². The Morgan fingerprint density at radius 3 is 2.85 bits per heavy atom. The van der Waals surface area contributed by atoms with Crippen LogP contribution in [0.5, 0.6) is 0 Å². The maximum Gasteiger partial charge on any atom is 0.291 e. The number of halogens is 1. The van der Waals surface area contributed by atoms with E-state index >= 15 is 0 Å². The first kappa shape index (κ1) is 15.3. The number of rotatable bonds is 7. The molecule has 0 spiro atoms. The quantitative estimate of drug-likeness (QED) is 0.809. The van der Waals surface area contributed by atoms with Crippen LogP contribution in [0.4, 0.5) is 5.69 Å². The highest BCUT2D eigenvalue weighted by Gasteiger charge is 2.24. The zero-order valence-electron chi connectivity index (χ0n) is 12.0. The van der Waals surface area contributed by atoms with Crippen molar-refractivity contribution in [3.63, 3.8) is 0 Å². The van der Waals surface area contributed by atoms with Gasteiger partial charge in [0.1, 0.15) is 5.69 Å². The molecule has 20 heavy (non-hydrogen) atoms. The van der Waals surface area contributed by atoms with Gasteiger partial charge in [-0.05, 0) is 30.6 Å². The molecule has 1 aliphatic carbocycles. The largest absolute Gasteiger partial charge is 0.396 e. The van der Waals surface area contributed by atoms with Crippen molar-refractivity contribution in [1.82, 2.24) is 9.78 Å². The van der Waals surface area contributed by atoms with Gasteiger partial charge in [0.2, 0.25) is 0 Å². The first-order chi connectivity index (χ1) is 9.43. The Morgan fingerprint density at radius 2 is 2.25 bits per heavy atom. The molecule has 6 heteroatoms. The molecular weight excluding hydrogens is 278 g/mol. The molecule has 0 aliphatic heterocycles. The van der Waals surface area contributed by atoms with Gasteiger partial charge in [-0.2, -0.15) is 5.10 Å². The standard InChI is InChI=1S/C14H22ClN3O2/c1-14(2,5-6-19)9-16-12-11(15)7-17-18(13(12)20)8-10-3-4-10/h7,10,16,19H,3-6,8-9H2,1-2H3. The second-order valence-corrected chi connectivity index (χ2v) is 6.70. The fourth-order valence-corrected chi connectivity index (χ4v) is 2.21. The molecule has 0 aromatic carbocycles. The molecule has 1 aromatic heterocycles. The smallest absolute Gasteiger partial charge is 0.291 e. The van der Waals surface area contributed by atoms with Crippen LogP contribution in [0.25, 0.3) is 0 Å². The average Bonchev–Trinajstić information content (AvgIpc) is 3.16. The summed E-state index contributed by atoms with van der Waals surface area (Å²) >= 11 is 6.07. The van der Waals surface area contributed by atoms with E-state index < -0.39 is 0 Å². The van der Waals surface area contributed by atoms with E-state index in [2.05, 4.69) is 10.4 Å². The number of hydrogen-bond acceptors (Lipinski definition) is 4. The topological polar surface area (TPSA) is 67.2 Å². The predicted octanol–water partition coefficient (Wildman–Crippen LogP) is 2.13. The maximum absolute atomic E-state index is 12.3. The Balaban J connectivity index is 2.11. The van der Waals surface area contributed by atoms with Crippen LogP contribution in [-0.4, -0.2) is 28.0 Å². The fraction of sp³-hybridized carbons (Fsp3) is 0.714. The summed E-state index contributed by atoms with van der Waals surface area (Å²) in [4.78, 5) is 12.3. The molecule has 112 valence electrons. The molecule has 1 aromatic rings. The third-order valence-corrected chi connectivity index (χ3v) is 3.94. The number of anilines is 1. The molecule has 2 rings (SSSR count). The summed E-state index contributed by atoms with van der Waals surface area (Å²) in [6.45, 7) is 5.45. The Labute approximate surface area is 124 Å². The highest BCUT2D eigenvalue weighted by molar-refractivity contribution is 6.32. The normalized spacial score (nSPS) is 15.4. The van der Waals surface area contributed by atoms with Crippen molar-refractivity contribution in [1.29, 1.82) is 0 Å². The number of aromatic nitrogens is 2. The van der Waals surface area contributed by atoms with Gasteiger partial charge in [0, 0.05) is 19.7 Å². The van der Waals surface area contributed by atoms with Gasteiger partial charge in [0.15, 0.2) is 0 Å². The van der Waals surface area contributed by atoms with Crippen molar-refractivity contribution >= 4 is 17.3 Å². The van der Waals surface area contributed by atoms with Gasteiger partial charge in [-0.25, -0.2) is 4.68 Å². The summed E-state index contributed by atoms with van der Waals surface area (Å²) in [5, 5.41) is 16.6. The first-order valence-corrected chi connectivity index (χ1v) is 7.41. The van der Waals surface area contributed by atoms with Crippen molar-refractivity contribution in [2.24, 2.45) is 11.3 Å². The summed E-state index contributed by atoms with van der Waals surface area (Å²) < 4.78 is 1.49. The van der Waals surface area contributed by atoms with Crippen LogP contribution in [0.3, 0.4) is 0 Å². The minimum absolute atomic E-state index is 0.102. The van der Waals surface area contributed by atoms with Gasteiger partial charge < -0.3 is 10.4 Å². The van der Waals surface area contributed by atoms with Crippen molar-refractivity contribution < 1.29 is 5.11 Å². The molecular formula is C14H22ClN3O2. The van der Waals surface area contributed by atoms with Crippen LogP contribution < -0.4 is 10.9 Å². The number of nitrogens with zero attached hydrogens (tertiary/aromatic N) is 2. The molecule has 2 N–H and O–H groups in total. The van der Waals surface area contributed by atoms with Crippen LogP contribution in [0.2, 0.25) is 5.02 Å². The summed E-state index contributed by atoms with van der Waals surface area (Å²) in [6, 6.07) is 0. The molecule has 1 aliphatic rings. The van der Waals surface area contributed by atoms with Crippen molar-refractivity contribution in [3.05, 3.63) is 21.6 Å². The third kappa shape index (κ3) is 3.96. The fourth-order valence-electron chi connectivity index (χ4n) is 2.02. The average molecular weight is 300 g/mol. The van der Waals surface area contributed by atoms with Crippen LogP contribution in [0.1, 0.15) is 33.1 Å². The van der Waals surface area contributed by atoms with Crippen molar-refractivity contribution in [2.75, 3.05) is 18.5 Å². The van der Waals surface area contributed by atoms with Crippen molar-refractivity contribution in [3.8, 4) is 0 Å². The summed E-state index contributed by atoms with van der Waals surface area (Å²) in [6.07, 6.45) is 4.53. The molecule has 0 radical (unpaired) electrons. The minimum atomic E-state index is -0.163. The summed E-state index contributed by atoms with van der Waals surface area (Å²) in [7, 11) is 0. The molecule has 0 saturated heterocycles. The maximum atomic E-state index is 12.3. The third-order valence-electron chi connectivity index (χ3n) is 3.66. The van der Waals surface area contributed by atoms with Crippen LogP contribution in [0.15, 0.2) is 11.0 Å². The van der Waals surface area contributed by atoms with E-state index in [4.69, 9.17) is 16.7 Å². The highest BCUT2D eigenvalue weighted by Crippen LogP contribution is 2.30. The molecule has 1 heterocycles. The Hall–Kier alpha value is -1.07. The number of aliphatic hydroxyl groups excluding tert-OH is 1. The lowest BCUT2D eigenvalue weighted by Crippen LogP contribution is -2.31. The van der Waals surface area contributed by atoms with Crippen LogP contribution in [-0.2, 0) is 6.54 Å². The molecule has 0 unspecified atom stereocenters. The Bertz CT molecular complexity index is 524. The lowest BCUT2D eigenvalue weighted by Gasteiger charge is -2.24. The van der Waals surface area contributed by atoms with E-state index in [1.165, 1.54) is 23.7 Å². The predicted molar refractivity (Wildman–Crippen MR) is 80.2 cm³/mol. The Morgan fingerprint density at radius 1 is 1.55 bits per heavy atom.